The molecule has 1 atom stereocenters. The minimum absolute atomic E-state index is 0.0358. The van der Waals surface area contributed by atoms with Crippen LogP contribution in [0.2, 0.25) is 0 Å². The fourth-order valence-corrected chi connectivity index (χ4v) is 2.57. The number of phenols is 1. The second-order valence-corrected chi connectivity index (χ2v) is 4.91. The average Bonchev–Trinajstić information content (AvgIpc) is 3.03. The number of rotatable bonds is 4. The number of likely N-dealkylation sites (tertiary alicyclic amines) is 1. The van der Waals surface area contributed by atoms with Gasteiger partial charge in [0.15, 0.2) is 11.5 Å². The minimum Gasteiger partial charge on any atom is -0.504 e. The number of amides is 1. The van der Waals surface area contributed by atoms with Crippen LogP contribution in [-0.4, -0.2) is 48.7 Å². The lowest BCUT2D eigenvalue weighted by atomic mass is 10.1. The normalized spacial score (nSPS) is 16.6. The standard InChI is InChI=1S/C14H16N4O5/c1-22-12-6-8(9(16-17-15)7-11(12)19)13(20)18-5-3-4-10(18)14(21)23-2/h6-7,10,19H,3-5H2,1-2H3/t10-/m0/s1. The van der Waals surface area contributed by atoms with Crippen molar-refractivity contribution in [1.29, 1.82) is 0 Å². The number of benzene rings is 1. The minimum atomic E-state index is -0.675. The molecular weight excluding hydrogens is 304 g/mol. The van der Waals surface area contributed by atoms with E-state index in [1.807, 2.05) is 0 Å². The highest BCUT2D eigenvalue weighted by molar-refractivity contribution is 6.01. The fourth-order valence-electron chi connectivity index (χ4n) is 2.57. The monoisotopic (exact) mass is 320 g/mol. The summed E-state index contributed by atoms with van der Waals surface area (Å²) in [6.45, 7) is 0.386. The van der Waals surface area contributed by atoms with Gasteiger partial charge in [-0.2, -0.15) is 0 Å². The molecule has 9 nitrogen and oxygen atoms in total. The summed E-state index contributed by atoms with van der Waals surface area (Å²) in [5.41, 5.74) is 8.65. The number of nitrogens with zero attached hydrogens (tertiary/aromatic N) is 4. The number of esters is 1. The summed E-state index contributed by atoms with van der Waals surface area (Å²) in [6.07, 6.45) is 1.17. The summed E-state index contributed by atoms with van der Waals surface area (Å²) in [5, 5.41) is 13.2. The zero-order valence-corrected chi connectivity index (χ0v) is 12.7. The Bertz CT molecular complexity index is 684. The van der Waals surface area contributed by atoms with E-state index in [2.05, 4.69) is 10.0 Å². The van der Waals surface area contributed by atoms with E-state index >= 15 is 0 Å². The van der Waals surface area contributed by atoms with Gasteiger partial charge in [-0.1, -0.05) is 5.11 Å². The first kappa shape index (κ1) is 16.4. The van der Waals surface area contributed by atoms with Crippen molar-refractivity contribution in [3.8, 4) is 11.5 Å². The van der Waals surface area contributed by atoms with Crippen molar-refractivity contribution in [1.82, 2.24) is 4.90 Å². The maximum atomic E-state index is 12.8. The highest BCUT2D eigenvalue weighted by Gasteiger charge is 2.36. The molecule has 0 aromatic heterocycles. The van der Waals surface area contributed by atoms with Gasteiger partial charge in [0.2, 0.25) is 0 Å². The van der Waals surface area contributed by atoms with Crippen LogP contribution in [0.25, 0.3) is 10.4 Å². The number of ether oxygens (including phenoxy) is 2. The zero-order valence-electron chi connectivity index (χ0n) is 12.7. The van der Waals surface area contributed by atoms with Gasteiger partial charge in [0.25, 0.3) is 5.91 Å². The van der Waals surface area contributed by atoms with Crippen LogP contribution in [0.1, 0.15) is 23.2 Å². The van der Waals surface area contributed by atoms with Crippen LogP contribution in [-0.2, 0) is 9.53 Å². The first-order valence-corrected chi connectivity index (χ1v) is 6.88. The Morgan fingerprint density at radius 1 is 1.43 bits per heavy atom. The van der Waals surface area contributed by atoms with Crippen LogP contribution in [0, 0.1) is 0 Å². The molecule has 23 heavy (non-hydrogen) atoms. The van der Waals surface area contributed by atoms with Crippen molar-refractivity contribution in [3.63, 3.8) is 0 Å². The second kappa shape index (κ2) is 6.89. The van der Waals surface area contributed by atoms with Gasteiger partial charge in [0.05, 0.1) is 25.5 Å². The highest BCUT2D eigenvalue weighted by Crippen LogP contribution is 2.35. The smallest absolute Gasteiger partial charge is 0.328 e. The van der Waals surface area contributed by atoms with E-state index in [0.29, 0.717) is 19.4 Å². The predicted octanol–water partition coefficient (Wildman–Crippen LogP) is 2.12. The Morgan fingerprint density at radius 2 is 2.17 bits per heavy atom. The van der Waals surface area contributed by atoms with Crippen LogP contribution in [0.15, 0.2) is 17.2 Å². The van der Waals surface area contributed by atoms with E-state index in [-0.39, 0.29) is 22.7 Å². The largest absolute Gasteiger partial charge is 0.504 e. The number of azide groups is 1. The number of carbonyl (C=O) groups excluding carboxylic acids is 2. The van der Waals surface area contributed by atoms with E-state index in [4.69, 9.17) is 15.0 Å². The predicted molar refractivity (Wildman–Crippen MR) is 79.5 cm³/mol. The van der Waals surface area contributed by atoms with E-state index in [9.17, 15) is 14.7 Å². The molecule has 0 aliphatic carbocycles. The third-order valence-corrected chi connectivity index (χ3v) is 3.67. The van der Waals surface area contributed by atoms with Gasteiger partial charge in [-0.25, -0.2) is 4.79 Å². The summed E-state index contributed by atoms with van der Waals surface area (Å²) < 4.78 is 9.69. The number of methoxy groups -OCH3 is 2. The van der Waals surface area contributed by atoms with Gasteiger partial charge in [0.1, 0.15) is 6.04 Å². The fraction of sp³-hybridized carbons (Fsp3) is 0.429. The maximum Gasteiger partial charge on any atom is 0.328 e. The molecule has 0 bridgehead atoms. The molecule has 1 aromatic rings. The molecule has 1 fully saturated rings. The number of hydrogen-bond acceptors (Lipinski definition) is 6. The van der Waals surface area contributed by atoms with Crippen molar-refractivity contribution < 1.29 is 24.2 Å². The molecule has 0 radical (unpaired) electrons. The molecule has 1 aromatic carbocycles. The van der Waals surface area contributed by atoms with Crippen molar-refractivity contribution in [2.24, 2.45) is 5.11 Å². The van der Waals surface area contributed by atoms with Crippen molar-refractivity contribution in [3.05, 3.63) is 28.1 Å². The van der Waals surface area contributed by atoms with Gasteiger partial charge >= 0.3 is 5.97 Å². The molecule has 1 aliphatic heterocycles. The van der Waals surface area contributed by atoms with Crippen LogP contribution in [0.3, 0.4) is 0 Å². The first-order valence-electron chi connectivity index (χ1n) is 6.88. The Kier molecular flexibility index (Phi) is 4.92. The van der Waals surface area contributed by atoms with Crippen LogP contribution in [0.4, 0.5) is 5.69 Å². The Balaban J connectivity index is 2.45. The maximum absolute atomic E-state index is 12.8. The summed E-state index contributed by atoms with van der Waals surface area (Å²) in [6, 6.07) is 1.76. The van der Waals surface area contributed by atoms with Crippen molar-refractivity contribution >= 4 is 17.6 Å². The molecule has 0 saturated carbocycles. The molecule has 1 amide bonds. The number of aromatic hydroxyl groups is 1. The lowest BCUT2D eigenvalue weighted by Crippen LogP contribution is -2.41. The third kappa shape index (κ3) is 3.14. The van der Waals surface area contributed by atoms with Crippen LogP contribution >= 0.6 is 0 Å². The molecule has 122 valence electrons. The zero-order chi connectivity index (χ0) is 17.0. The molecule has 1 N–H and O–H groups in total. The molecule has 1 heterocycles. The second-order valence-electron chi connectivity index (χ2n) is 4.91. The van der Waals surface area contributed by atoms with Gasteiger partial charge < -0.3 is 19.5 Å². The highest BCUT2D eigenvalue weighted by atomic mass is 16.5. The Hall–Kier alpha value is -2.93. The van der Waals surface area contributed by atoms with Crippen molar-refractivity contribution in [2.75, 3.05) is 20.8 Å². The van der Waals surface area contributed by atoms with E-state index in [1.54, 1.807) is 0 Å². The lowest BCUT2D eigenvalue weighted by Gasteiger charge is -2.23. The quantitative estimate of drug-likeness (QED) is 0.393. The number of phenolic OH excluding ortho intramolecular Hbond substituents is 1. The summed E-state index contributed by atoms with van der Waals surface area (Å²) in [5.74, 6) is -1.16. The summed E-state index contributed by atoms with van der Waals surface area (Å²) >= 11 is 0. The van der Waals surface area contributed by atoms with E-state index in [1.165, 1.54) is 25.2 Å². The van der Waals surface area contributed by atoms with E-state index in [0.717, 1.165) is 6.07 Å². The number of hydrogen-bond donors (Lipinski definition) is 1. The molecule has 1 saturated heterocycles. The lowest BCUT2D eigenvalue weighted by molar-refractivity contribution is -0.145. The third-order valence-electron chi connectivity index (χ3n) is 3.67. The SMILES string of the molecule is COC(=O)[C@@H]1CCCN1C(=O)c1cc(OC)c(O)cc1N=[N+]=[N-]. The van der Waals surface area contributed by atoms with Crippen molar-refractivity contribution in [2.45, 2.75) is 18.9 Å². The van der Waals surface area contributed by atoms with Gasteiger partial charge in [-0.15, -0.1) is 0 Å². The molecule has 2 rings (SSSR count). The number of carbonyl (C=O) groups is 2. The first-order chi connectivity index (χ1) is 11.0. The summed E-state index contributed by atoms with van der Waals surface area (Å²) in [4.78, 5) is 28.6. The molecule has 0 unspecified atom stereocenters. The Morgan fingerprint density at radius 3 is 2.78 bits per heavy atom. The molecule has 9 heteroatoms. The van der Waals surface area contributed by atoms with Crippen LogP contribution < -0.4 is 4.74 Å². The summed E-state index contributed by atoms with van der Waals surface area (Å²) in [7, 11) is 2.60. The average molecular weight is 320 g/mol. The Labute approximate surface area is 132 Å². The molecule has 0 spiro atoms. The topological polar surface area (TPSA) is 125 Å². The van der Waals surface area contributed by atoms with Gasteiger partial charge in [-0.05, 0) is 30.5 Å². The molecular formula is C14H16N4O5. The van der Waals surface area contributed by atoms with Gasteiger partial charge in [0, 0.05) is 11.5 Å². The van der Waals surface area contributed by atoms with E-state index < -0.39 is 17.9 Å². The van der Waals surface area contributed by atoms with Crippen LogP contribution in [0.5, 0.6) is 11.5 Å². The molecule has 1 aliphatic rings. The van der Waals surface area contributed by atoms with Gasteiger partial charge in [-0.3, -0.25) is 4.79 Å².